The summed E-state index contributed by atoms with van der Waals surface area (Å²) in [4.78, 5) is 59.2. The van der Waals surface area contributed by atoms with Crippen molar-refractivity contribution in [2.24, 2.45) is 0 Å². The largest absolute Gasteiger partial charge is 0.507 e. The van der Waals surface area contributed by atoms with Gasteiger partial charge in [-0.25, -0.2) is 9.59 Å². The molecule has 3 rings (SSSR count). The molecule has 122 valence electrons. The number of hydrogen-bond donors (Lipinski definition) is 3. The predicted octanol–water partition coefficient (Wildman–Crippen LogP) is -0.160. The minimum Gasteiger partial charge on any atom is -0.507 e. The van der Waals surface area contributed by atoms with E-state index in [1.807, 2.05) is 0 Å². The summed E-state index contributed by atoms with van der Waals surface area (Å²) < 4.78 is 4.65. The quantitative estimate of drug-likeness (QED) is 0.210. The summed E-state index contributed by atoms with van der Waals surface area (Å²) >= 11 is 5.72. The van der Waals surface area contributed by atoms with Gasteiger partial charge in [-0.05, 0) is 24.3 Å². The molecule has 0 saturated carbocycles. The lowest BCUT2D eigenvalue weighted by Crippen LogP contribution is -2.67. The second-order valence-electron chi connectivity index (χ2n) is 4.87. The Balaban J connectivity index is 2.24. The Kier molecular flexibility index (Phi) is 3.38. The number of carbonyl (C=O) groups excluding carboxylic acids is 5. The van der Waals surface area contributed by atoms with Crippen LogP contribution in [0.15, 0.2) is 29.8 Å². The van der Waals surface area contributed by atoms with Crippen molar-refractivity contribution in [1.29, 1.82) is 0 Å². The molecule has 2 heterocycles. The molecule has 4 amide bonds. The van der Waals surface area contributed by atoms with Crippen LogP contribution in [-0.4, -0.2) is 40.3 Å². The Hall–Kier alpha value is -3.20. The molecular formula is C14H7ClN2O7. The van der Waals surface area contributed by atoms with Crippen LogP contribution in [-0.2, 0) is 23.9 Å². The lowest BCUT2D eigenvalue weighted by atomic mass is 9.87. The van der Waals surface area contributed by atoms with Crippen LogP contribution in [0.2, 0.25) is 5.02 Å². The van der Waals surface area contributed by atoms with E-state index in [1.165, 1.54) is 24.3 Å². The standard InChI is InChI=1S/C14H7ClN2O7/c15-6-3-1-5(2-4-6)8(18)7-9(19)10(20)24-14(7)11(21)16-13(23)17-12(14)22/h1-4,18H,(H2,16,17,21,22,23)/b8-7-. The minimum absolute atomic E-state index is 0.0120. The maximum atomic E-state index is 12.1. The van der Waals surface area contributed by atoms with Gasteiger partial charge < -0.3 is 9.84 Å². The topological polar surface area (TPSA) is 139 Å². The molecule has 0 aromatic heterocycles. The third-order valence-corrected chi connectivity index (χ3v) is 3.71. The molecule has 24 heavy (non-hydrogen) atoms. The van der Waals surface area contributed by atoms with Crippen molar-refractivity contribution in [2.75, 3.05) is 0 Å². The SMILES string of the molecule is O=C1NC(=O)C2(OC(=O)C(=O)/C2=C(/O)c2ccc(Cl)cc2)C(=O)N1. The normalized spacial score (nSPS) is 21.5. The molecule has 0 radical (unpaired) electrons. The van der Waals surface area contributed by atoms with Crippen molar-refractivity contribution in [2.45, 2.75) is 5.60 Å². The van der Waals surface area contributed by atoms with Crippen molar-refractivity contribution in [3.8, 4) is 0 Å². The van der Waals surface area contributed by atoms with E-state index in [2.05, 4.69) is 4.74 Å². The van der Waals surface area contributed by atoms with Crippen LogP contribution in [0.5, 0.6) is 0 Å². The van der Waals surface area contributed by atoms with E-state index >= 15 is 0 Å². The summed E-state index contributed by atoms with van der Waals surface area (Å²) in [6.45, 7) is 0. The lowest BCUT2D eigenvalue weighted by molar-refractivity contribution is -0.165. The van der Waals surface area contributed by atoms with Crippen molar-refractivity contribution >= 4 is 47.0 Å². The van der Waals surface area contributed by atoms with E-state index in [1.54, 1.807) is 10.6 Å². The fourth-order valence-electron chi connectivity index (χ4n) is 2.36. The molecule has 0 bridgehead atoms. The number of halogens is 1. The molecule has 0 atom stereocenters. The highest BCUT2D eigenvalue weighted by atomic mass is 35.5. The van der Waals surface area contributed by atoms with E-state index in [4.69, 9.17) is 11.6 Å². The minimum atomic E-state index is -2.77. The van der Waals surface area contributed by atoms with Gasteiger partial charge in [0.05, 0.1) is 0 Å². The zero-order chi connectivity index (χ0) is 17.6. The van der Waals surface area contributed by atoms with E-state index in [0.29, 0.717) is 5.02 Å². The molecule has 2 aliphatic rings. The number of esters is 1. The van der Waals surface area contributed by atoms with Gasteiger partial charge in [0.25, 0.3) is 17.6 Å². The summed E-state index contributed by atoms with van der Waals surface area (Å²) in [5, 5.41) is 14.1. The molecule has 0 unspecified atom stereocenters. The number of amides is 4. The van der Waals surface area contributed by atoms with E-state index < -0.39 is 46.5 Å². The number of rotatable bonds is 1. The van der Waals surface area contributed by atoms with Gasteiger partial charge in [0.2, 0.25) is 0 Å². The van der Waals surface area contributed by atoms with Crippen LogP contribution in [0, 0.1) is 0 Å². The summed E-state index contributed by atoms with van der Waals surface area (Å²) in [5.74, 6) is -6.41. The third kappa shape index (κ3) is 2.06. The zero-order valence-electron chi connectivity index (χ0n) is 11.6. The highest BCUT2D eigenvalue weighted by Crippen LogP contribution is 2.37. The number of imide groups is 2. The summed E-state index contributed by atoms with van der Waals surface area (Å²) in [6.07, 6.45) is 0. The molecule has 1 aromatic carbocycles. The van der Waals surface area contributed by atoms with Gasteiger partial charge >= 0.3 is 17.6 Å². The third-order valence-electron chi connectivity index (χ3n) is 3.46. The number of carbonyl (C=O) groups is 5. The Bertz CT molecular complexity index is 836. The molecule has 1 spiro atoms. The first kappa shape index (κ1) is 15.7. The number of ether oxygens (including phenoxy) is 1. The summed E-state index contributed by atoms with van der Waals surface area (Å²) in [6, 6.07) is 4.23. The number of barbiturate groups is 1. The Labute approximate surface area is 138 Å². The smallest absolute Gasteiger partial charge is 0.381 e. The Morgan fingerprint density at radius 3 is 2.08 bits per heavy atom. The number of nitrogens with one attached hydrogen (secondary N) is 2. The molecule has 2 aliphatic heterocycles. The van der Waals surface area contributed by atoms with Crippen LogP contribution < -0.4 is 10.6 Å². The number of Topliss-reactive ketones (excluding diaryl/α,β-unsaturated/α-hetero) is 1. The average Bonchev–Trinajstić information content (AvgIpc) is 2.78. The predicted molar refractivity (Wildman–Crippen MR) is 76.5 cm³/mol. The average molecular weight is 351 g/mol. The number of ketones is 1. The van der Waals surface area contributed by atoms with E-state index in [9.17, 15) is 29.1 Å². The second-order valence-corrected chi connectivity index (χ2v) is 5.30. The number of aliphatic hydroxyl groups is 1. The fourth-order valence-corrected chi connectivity index (χ4v) is 2.49. The number of urea groups is 1. The molecular weight excluding hydrogens is 344 g/mol. The zero-order valence-corrected chi connectivity index (χ0v) is 12.3. The van der Waals surface area contributed by atoms with Crippen molar-refractivity contribution in [1.82, 2.24) is 10.6 Å². The van der Waals surface area contributed by atoms with Crippen molar-refractivity contribution in [3.05, 3.63) is 40.4 Å². The van der Waals surface area contributed by atoms with Crippen LogP contribution in [0.25, 0.3) is 5.76 Å². The van der Waals surface area contributed by atoms with Crippen LogP contribution in [0.1, 0.15) is 5.56 Å². The number of benzene rings is 1. The van der Waals surface area contributed by atoms with Crippen molar-refractivity contribution < 1.29 is 33.8 Å². The Morgan fingerprint density at radius 2 is 1.54 bits per heavy atom. The van der Waals surface area contributed by atoms with Gasteiger partial charge in [0.1, 0.15) is 11.3 Å². The molecule has 3 N–H and O–H groups in total. The number of aliphatic hydroxyl groups excluding tert-OH is 1. The van der Waals surface area contributed by atoms with Gasteiger partial charge in [-0.3, -0.25) is 25.0 Å². The van der Waals surface area contributed by atoms with Gasteiger partial charge in [0.15, 0.2) is 0 Å². The monoisotopic (exact) mass is 350 g/mol. The first-order valence-electron chi connectivity index (χ1n) is 6.41. The van der Waals surface area contributed by atoms with Crippen molar-refractivity contribution in [3.63, 3.8) is 0 Å². The highest BCUT2D eigenvalue weighted by molar-refractivity contribution is 6.50. The maximum Gasteiger partial charge on any atom is 0.381 e. The Morgan fingerprint density at radius 1 is 1.00 bits per heavy atom. The van der Waals surface area contributed by atoms with Crippen LogP contribution >= 0.6 is 11.6 Å². The lowest BCUT2D eigenvalue weighted by Gasteiger charge is -2.29. The molecule has 2 fully saturated rings. The van der Waals surface area contributed by atoms with Crippen LogP contribution in [0.3, 0.4) is 0 Å². The molecule has 0 aliphatic carbocycles. The van der Waals surface area contributed by atoms with Gasteiger partial charge in [-0.1, -0.05) is 11.6 Å². The van der Waals surface area contributed by atoms with Gasteiger partial charge in [-0.15, -0.1) is 0 Å². The summed E-state index contributed by atoms with van der Waals surface area (Å²) in [5.41, 5.74) is -3.64. The molecule has 10 heteroatoms. The fraction of sp³-hybridized carbons (Fsp3) is 0.0714. The van der Waals surface area contributed by atoms with Gasteiger partial charge in [-0.2, -0.15) is 0 Å². The van der Waals surface area contributed by atoms with Gasteiger partial charge in [0, 0.05) is 10.6 Å². The first-order chi connectivity index (χ1) is 11.3. The second kappa shape index (κ2) is 5.17. The van der Waals surface area contributed by atoms with E-state index in [0.717, 1.165) is 0 Å². The maximum absolute atomic E-state index is 12.1. The van der Waals surface area contributed by atoms with E-state index in [-0.39, 0.29) is 5.56 Å². The molecule has 9 nitrogen and oxygen atoms in total. The highest BCUT2D eigenvalue weighted by Gasteiger charge is 2.66. The molecule has 2 saturated heterocycles. The first-order valence-corrected chi connectivity index (χ1v) is 6.79. The van der Waals surface area contributed by atoms with Crippen LogP contribution in [0.4, 0.5) is 4.79 Å². The summed E-state index contributed by atoms with van der Waals surface area (Å²) in [7, 11) is 0. The molecule has 1 aromatic rings. The number of hydrogen-bond acceptors (Lipinski definition) is 7.